The third-order valence-electron chi connectivity index (χ3n) is 8.97. The molecule has 0 bridgehead atoms. The molecule has 1 unspecified atom stereocenters. The molecule has 202 valence electrons. The van der Waals surface area contributed by atoms with Gasteiger partial charge in [-0.1, -0.05) is 35.9 Å². The zero-order chi connectivity index (χ0) is 27.4. The number of aliphatic hydroxyl groups is 1. The maximum atomic E-state index is 12.5. The number of benzene rings is 3. The first kappa shape index (κ1) is 26.4. The summed E-state index contributed by atoms with van der Waals surface area (Å²) in [5, 5.41) is 12.5. The lowest BCUT2D eigenvalue weighted by molar-refractivity contribution is -0.0645. The first-order chi connectivity index (χ1) is 18.0. The summed E-state index contributed by atoms with van der Waals surface area (Å²) in [4.78, 5) is 2.51. The number of anilines is 1. The Hall–Kier alpha value is -3.18. The molecule has 3 aromatic carbocycles. The van der Waals surface area contributed by atoms with Crippen LogP contribution in [-0.2, 0) is 5.60 Å². The Bertz CT molecular complexity index is 1350. The van der Waals surface area contributed by atoms with Crippen molar-refractivity contribution in [1.82, 2.24) is 0 Å². The molecule has 0 saturated carbocycles. The number of hydrogen-bond acceptors (Lipinski definition) is 5. The number of methoxy groups -OCH3 is 2. The molecular weight excluding hydrogens is 474 g/mol. The first-order valence-electron chi connectivity index (χ1n) is 13.6. The molecule has 3 aromatic rings. The molecule has 0 aromatic heterocycles. The second kappa shape index (κ2) is 9.53. The van der Waals surface area contributed by atoms with Crippen molar-refractivity contribution in [3.63, 3.8) is 0 Å². The van der Waals surface area contributed by atoms with Gasteiger partial charge in [0, 0.05) is 24.3 Å². The standard InChI is InChI=1S/C33H41NO4/c1-20-9-12-26(13-10-20)33(35)29-23(4)30(21(2)22(3)31(29)38-32(33,5)6)34-17-15-24(16-18-34)25-11-14-27(36-7)28(19-25)37-8/h9-14,19,24,35H,15-18H2,1-8H3. The Balaban J connectivity index is 1.51. The highest BCUT2D eigenvalue weighted by atomic mass is 16.5. The molecule has 1 fully saturated rings. The molecule has 0 aliphatic carbocycles. The largest absolute Gasteiger partial charge is 0.493 e. The summed E-state index contributed by atoms with van der Waals surface area (Å²) in [6.45, 7) is 14.4. The molecule has 5 rings (SSSR count). The van der Waals surface area contributed by atoms with Gasteiger partial charge < -0.3 is 24.2 Å². The Labute approximate surface area is 227 Å². The van der Waals surface area contributed by atoms with E-state index < -0.39 is 11.2 Å². The van der Waals surface area contributed by atoms with Gasteiger partial charge in [-0.25, -0.2) is 0 Å². The van der Waals surface area contributed by atoms with E-state index in [4.69, 9.17) is 14.2 Å². The lowest BCUT2D eigenvalue weighted by Gasteiger charge is -2.39. The maximum absolute atomic E-state index is 12.5. The van der Waals surface area contributed by atoms with Gasteiger partial charge in [0.05, 0.1) is 14.2 Å². The van der Waals surface area contributed by atoms with E-state index in [1.165, 1.54) is 22.4 Å². The van der Waals surface area contributed by atoms with E-state index >= 15 is 0 Å². The second-order valence-corrected chi connectivity index (χ2v) is 11.5. The minimum Gasteiger partial charge on any atom is -0.493 e. The number of ether oxygens (including phenoxy) is 3. The lowest BCUT2D eigenvalue weighted by Crippen LogP contribution is -2.48. The van der Waals surface area contributed by atoms with Gasteiger partial charge in [-0.3, -0.25) is 0 Å². The number of fused-ring (bicyclic) bond motifs is 1. The highest BCUT2D eigenvalue weighted by Gasteiger charge is 2.57. The van der Waals surface area contributed by atoms with Crippen LogP contribution in [0, 0.1) is 27.7 Å². The van der Waals surface area contributed by atoms with Gasteiger partial charge >= 0.3 is 0 Å². The fourth-order valence-electron chi connectivity index (χ4n) is 6.60. The second-order valence-electron chi connectivity index (χ2n) is 11.5. The average molecular weight is 516 g/mol. The number of nitrogens with zero attached hydrogens (tertiary/aromatic N) is 1. The van der Waals surface area contributed by atoms with Crippen LogP contribution >= 0.6 is 0 Å². The van der Waals surface area contributed by atoms with Crippen molar-refractivity contribution in [2.24, 2.45) is 0 Å². The third-order valence-corrected chi connectivity index (χ3v) is 8.97. The Kier molecular flexibility index (Phi) is 6.63. The Morgan fingerprint density at radius 2 is 1.47 bits per heavy atom. The number of piperidine rings is 1. The van der Waals surface area contributed by atoms with Crippen LogP contribution in [0.3, 0.4) is 0 Å². The van der Waals surface area contributed by atoms with Crippen molar-refractivity contribution >= 4 is 5.69 Å². The first-order valence-corrected chi connectivity index (χ1v) is 13.6. The highest BCUT2D eigenvalue weighted by Crippen LogP contribution is 2.56. The van der Waals surface area contributed by atoms with E-state index in [-0.39, 0.29) is 0 Å². The van der Waals surface area contributed by atoms with Gasteiger partial charge in [0.15, 0.2) is 17.1 Å². The Morgan fingerprint density at radius 1 is 0.842 bits per heavy atom. The molecule has 5 heteroatoms. The smallest absolute Gasteiger partial charge is 0.160 e. The van der Waals surface area contributed by atoms with E-state index in [0.717, 1.165) is 65.4 Å². The van der Waals surface area contributed by atoms with E-state index in [0.29, 0.717) is 5.92 Å². The zero-order valence-electron chi connectivity index (χ0n) is 24.1. The van der Waals surface area contributed by atoms with Crippen LogP contribution in [0.4, 0.5) is 5.69 Å². The van der Waals surface area contributed by atoms with Crippen LogP contribution in [0.5, 0.6) is 17.2 Å². The van der Waals surface area contributed by atoms with Crippen molar-refractivity contribution in [1.29, 1.82) is 0 Å². The van der Waals surface area contributed by atoms with Crippen LogP contribution in [-0.4, -0.2) is 38.0 Å². The molecule has 2 aliphatic heterocycles. The van der Waals surface area contributed by atoms with Gasteiger partial charge in [-0.2, -0.15) is 0 Å². The number of hydrogen-bond donors (Lipinski definition) is 1. The molecule has 1 N–H and O–H groups in total. The monoisotopic (exact) mass is 515 g/mol. The van der Waals surface area contributed by atoms with Crippen LogP contribution in [0.2, 0.25) is 0 Å². The van der Waals surface area contributed by atoms with Crippen molar-refractivity contribution in [3.05, 3.63) is 81.4 Å². The number of aryl methyl sites for hydroxylation is 1. The van der Waals surface area contributed by atoms with Gasteiger partial charge in [0.25, 0.3) is 0 Å². The van der Waals surface area contributed by atoms with Crippen LogP contribution in [0.25, 0.3) is 0 Å². The topological polar surface area (TPSA) is 51.2 Å². The van der Waals surface area contributed by atoms with E-state index in [2.05, 4.69) is 56.9 Å². The van der Waals surface area contributed by atoms with Gasteiger partial charge in [-0.05, 0) is 100 Å². The quantitative estimate of drug-likeness (QED) is 0.408. The summed E-state index contributed by atoms with van der Waals surface area (Å²) in [6.07, 6.45) is 2.10. The van der Waals surface area contributed by atoms with Crippen LogP contribution in [0.1, 0.15) is 71.6 Å². The fourth-order valence-corrected chi connectivity index (χ4v) is 6.60. The molecule has 0 amide bonds. The SMILES string of the molecule is COc1ccc(C2CCN(c3c(C)c(C)c4c(c3C)C(O)(c3ccc(C)cc3)C(C)(C)O4)CC2)cc1OC. The summed E-state index contributed by atoms with van der Waals surface area (Å²) in [5.74, 6) is 2.84. The Morgan fingerprint density at radius 3 is 2.08 bits per heavy atom. The van der Waals surface area contributed by atoms with Crippen molar-refractivity contribution in [2.75, 3.05) is 32.2 Å². The van der Waals surface area contributed by atoms with Crippen molar-refractivity contribution in [3.8, 4) is 17.2 Å². The normalized spacial score (nSPS) is 20.7. The molecular formula is C33H41NO4. The third kappa shape index (κ3) is 3.94. The predicted octanol–water partition coefficient (Wildman–Crippen LogP) is 6.73. The van der Waals surface area contributed by atoms with E-state index in [1.807, 2.05) is 32.0 Å². The van der Waals surface area contributed by atoms with Gasteiger partial charge in [0.1, 0.15) is 11.4 Å². The summed E-state index contributed by atoms with van der Waals surface area (Å²) in [5.41, 5.74) is 6.89. The molecule has 0 radical (unpaired) electrons. The van der Waals surface area contributed by atoms with Crippen molar-refractivity contribution < 1.29 is 19.3 Å². The summed E-state index contributed by atoms with van der Waals surface area (Å²) in [7, 11) is 3.36. The highest BCUT2D eigenvalue weighted by molar-refractivity contribution is 5.73. The van der Waals surface area contributed by atoms with Gasteiger partial charge in [-0.15, -0.1) is 0 Å². The summed E-state index contributed by atoms with van der Waals surface area (Å²) >= 11 is 0. The zero-order valence-corrected chi connectivity index (χ0v) is 24.1. The molecule has 1 atom stereocenters. The minimum atomic E-state index is -1.24. The predicted molar refractivity (Wildman–Crippen MR) is 153 cm³/mol. The van der Waals surface area contributed by atoms with Crippen LogP contribution in [0.15, 0.2) is 42.5 Å². The molecule has 1 saturated heterocycles. The molecule has 5 nitrogen and oxygen atoms in total. The van der Waals surface area contributed by atoms with E-state index in [9.17, 15) is 5.11 Å². The average Bonchev–Trinajstić information content (AvgIpc) is 3.14. The number of rotatable bonds is 5. The summed E-state index contributed by atoms with van der Waals surface area (Å²) < 4.78 is 17.5. The molecule has 2 heterocycles. The lowest BCUT2D eigenvalue weighted by atomic mass is 9.73. The van der Waals surface area contributed by atoms with E-state index in [1.54, 1.807) is 14.2 Å². The maximum Gasteiger partial charge on any atom is 0.160 e. The van der Waals surface area contributed by atoms with Crippen LogP contribution < -0.4 is 19.1 Å². The summed E-state index contributed by atoms with van der Waals surface area (Å²) in [6, 6.07) is 14.5. The minimum absolute atomic E-state index is 0.467. The fraction of sp³-hybridized carbons (Fsp3) is 0.455. The van der Waals surface area contributed by atoms with Crippen molar-refractivity contribution in [2.45, 2.75) is 71.5 Å². The van der Waals surface area contributed by atoms with Gasteiger partial charge in [0.2, 0.25) is 0 Å². The molecule has 2 aliphatic rings. The molecule has 38 heavy (non-hydrogen) atoms. The molecule has 0 spiro atoms.